The van der Waals surface area contributed by atoms with E-state index in [4.69, 9.17) is 0 Å². The Morgan fingerprint density at radius 1 is 1.36 bits per heavy atom. The standard InChI is InChI=1S/C20H27N3O2/c1-15(2)19(13-24)23(12-16-6-4-3-5-7-16)20(25)17-8-9-22-14-21-11-18(22)10-17/h3-7,11,14-15,17,19,24H,8-10,12-13H2,1-2H3/t17-,19+/m0/s1. The van der Waals surface area contributed by atoms with Crippen molar-refractivity contribution in [2.75, 3.05) is 6.61 Å². The van der Waals surface area contributed by atoms with E-state index in [0.717, 1.165) is 30.6 Å². The normalized spacial score (nSPS) is 18.0. The Hall–Kier alpha value is -2.14. The van der Waals surface area contributed by atoms with Crippen LogP contribution < -0.4 is 0 Å². The summed E-state index contributed by atoms with van der Waals surface area (Å²) in [5.41, 5.74) is 2.21. The smallest absolute Gasteiger partial charge is 0.226 e. The van der Waals surface area contributed by atoms with Crippen molar-refractivity contribution < 1.29 is 9.90 Å². The van der Waals surface area contributed by atoms with E-state index in [-0.39, 0.29) is 30.4 Å². The minimum Gasteiger partial charge on any atom is -0.394 e. The topological polar surface area (TPSA) is 58.4 Å². The second kappa shape index (κ2) is 7.83. The van der Waals surface area contributed by atoms with E-state index >= 15 is 0 Å². The molecule has 0 unspecified atom stereocenters. The van der Waals surface area contributed by atoms with Gasteiger partial charge in [-0.2, -0.15) is 0 Å². The number of aryl methyl sites for hydroxylation is 1. The van der Waals surface area contributed by atoms with E-state index in [9.17, 15) is 9.90 Å². The molecule has 2 atom stereocenters. The van der Waals surface area contributed by atoms with Gasteiger partial charge < -0.3 is 14.6 Å². The molecule has 0 fully saturated rings. The molecule has 0 spiro atoms. The van der Waals surface area contributed by atoms with Gasteiger partial charge >= 0.3 is 0 Å². The molecule has 0 aliphatic carbocycles. The largest absolute Gasteiger partial charge is 0.394 e. The van der Waals surface area contributed by atoms with Gasteiger partial charge in [0.1, 0.15) is 0 Å². The van der Waals surface area contributed by atoms with Gasteiger partial charge in [0, 0.05) is 37.3 Å². The lowest BCUT2D eigenvalue weighted by atomic mass is 9.92. The first-order chi connectivity index (χ1) is 12.1. The number of hydrogen-bond acceptors (Lipinski definition) is 3. The Morgan fingerprint density at radius 2 is 2.12 bits per heavy atom. The van der Waals surface area contributed by atoms with Crippen LogP contribution in [0.4, 0.5) is 0 Å². The Bertz CT molecular complexity index is 696. The van der Waals surface area contributed by atoms with Crippen molar-refractivity contribution in [2.45, 2.75) is 45.8 Å². The number of carbonyl (C=O) groups is 1. The summed E-state index contributed by atoms with van der Waals surface area (Å²) in [5.74, 6) is 0.302. The molecule has 0 saturated carbocycles. The molecule has 134 valence electrons. The van der Waals surface area contributed by atoms with Gasteiger partial charge in [0.05, 0.1) is 19.0 Å². The van der Waals surface area contributed by atoms with Gasteiger partial charge in [0.2, 0.25) is 5.91 Å². The fourth-order valence-corrected chi connectivity index (χ4v) is 3.62. The molecule has 2 aromatic rings. The van der Waals surface area contributed by atoms with Gasteiger partial charge in [-0.05, 0) is 17.9 Å². The maximum absolute atomic E-state index is 13.3. The zero-order chi connectivity index (χ0) is 17.8. The van der Waals surface area contributed by atoms with Crippen molar-refractivity contribution >= 4 is 5.91 Å². The number of aromatic nitrogens is 2. The predicted molar refractivity (Wildman–Crippen MR) is 96.7 cm³/mol. The number of amides is 1. The molecule has 1 aromatic carbocycles. The van der Waals surface area contributed by atoms with Crippen molar-refractivity contribution in [3.8, 4) is 0 Å². The molecule has 1 N–H and O–H groups in total. The second-order valence-corrected chi connectivity index (χ2v) is 7.21. The molecule has 1 aliphatic heterocycles. The first-order valence-electron chi connectivity index (χ1n) is 9.04. The summed E-state index contributed by atoms with van der Waals surface area (Å²) in [4.78, 5) is 19.4. The molecule has 1 aliphatic rings. The number of nitrogens with zero attached hydrogens (tertiary/aromatic N) is 3. The maximum atomic E-state index is 13.3. The molecule has 1 amide bonds. The van der Waals surface area contributed by atoms with Crippen LogP contribution in [-0.2, 0) is 24.3 Å². The van der Waals surface area contributed by atoms with Gasteiger partial charge in [-0.15, -0.1) is 0 Å². The monoisotopic (exact) mass is 341 g/mol. The van der Waals surface area contributed by atoms with Crippen LogP contribution in [0.25, 0.3) is 0 Å². The fourth-order valence-electron chi connectivity index (χ4n) is 3.62. The number of benzene rings is 1. The third kappa shape index (κ3) is 3.93. The van der Waals surface area contributed by atoms with Crippen LogP contribution in [0, 0.1) is 11.8 Å². The molecule has 0 radical (unpaired) electrons. The van der Waals surface area contributed by atoms with E-state index in [1.54, 1.807) is 0 Å². The number of hydrogen-bond donors (Lipinski definition) is 1. The van der Waals surface area contributed by atoms with Crippen LogP contribution in [0.3, 0.4) is 0 Å². The lowest BCUT2D eigenvalue weighted by molar-refractivity contribution is -0.141. The average Bonchev–Trinajstić information content (AvgIpc) is 3.09. The summed E-state index contributed by atoms with van der Waals surface area (Å²) in [7, 11) is 0. The van der Waals surface area contributed by atoms with Crippen molar-refractivity contribution in [1.82, 2.24) is 14.5 Å². The number of rotatable bonds is 6. The molecule has 2 heterocycles. The quantitative estimate of drug-likeness (QED) is 0.878. The van der Waals surface area contributed by atoms with Gasteiger partial charge in [0.15, 0.2) is 0 Å². The molecule has 3 rings (SSSR count). The summed E-state index contributed by atoms with van der Waals surface area (Å²) < 4.78 is 2.12. The highest BCUT2D eigenvalue weighted by Gasteiger charge is 2.33. The van der Waals surface area contributed by atoms with Crippen LogP contribution in [0.5, 0.6) is 0 Å². The van der Waals surface area contributed by atoms with Gasteiger partial charge in [-0.3, -0.25) is 4.79 Å². The van der Waals surface area contributed by atoms with Gasteiger partial charge in [-0.25, -0.2) is 4.98 Å². The minimum absolute atomic E-state index is 0.0130. The molecule has 0 bridgehead atoms. The van der Waals surface area contributed by atoms with Crippen LogP contribution >= 0.6 is 0 Å². The lowest BCUT2D eigenvalue weighted by Crippen LogP contribution is -2.48. The zero-order valence-electron chi connectivity index (χ0n) is 15.0. The average molecular weight is 341 g/mol. The van der Waals surface area contributed by atoms with Gasteiger partial charge in [0.25, 0.3) is 0 Å². The molecule has 5 nitrogen and oxygen atoms in total. The molecular formula is C20H27N3O2. The third-order valence-corrected chi connectivity index (χ3v) is 5.16. The first kappa shape index (κ1) is 17.7. The van der Waals surface area contributed by atoms with Crippen LogP contribution in [0.15, 0.2) is 42.9 Å². The number of aliphatic hydroxyl groups is 1. The number of fused-ring (bicyclic) bond motifs is 1. The van der Waals surface area contributed by atoms with E-state index in [0.29, 0.717) is 6.54 Å². The van der Waals surface area contributed by atoms with E-state index in [1.165, 1.54) is 0 Å². The second-order valence-electron chi connectivity index (χ2n) is 7.21. The highest BCUT2D eigenvalue weighted by atomic mass is 16.3. The Morgan fingerprint density at radius 3 is 2.80 bits per heavy atom. The maximum Gasteiger partial charge on any atom is 0.226 e. The Balaban J connectivity index is 1.81. The number of imidazole rings is 1. The van der Waals surface area contributed by atoms with Crippen molar-refractivity contribution in [2.24, 2.45) is 11.8 Å². The first-order valence-corrected chi connectivity index (χ1v) is 9.04. The lowest BCUT2D eigenvalue weighted by Gasteiger charge is -2.37. The van der Waals surface area contributed by atoms with Crippen molar-refractivity contribution in [3.63, 3.8) is 0 Å². The van der Waals surface area contributed by atoms with Crippen LogP contribution in [-0.4, -0.2) is 38.1 Å². The number of aliphatic hydroxyl groups excluding tert-OH is 1. The molecular weight excluding hydrogens is 314 g/mol. The molecule has 0 saturated heterocycles. The summed E-state index contributed by atoms with van der Waals surface area (Å²) in [6.07, 6.45) is 5.24. The molecule has 5 heteroatoms. The number of carbonyl (C=O) groups excluding carboxylic acids is 1. The van der Waals surface area contributed by atoms with E-state index in [2.05, 4.69) is 23.4 Å². The summed E-state index contributed by atoms with van der Waals surface area (Å²) in [6, 6.07) is 9.85. The highest BCUT2D eigenvalue weighted by Crippen LogP contribution is 2.25. The Labute approximate surface area is 149 Å². The SMILES string of the molecule is CC(C)[C@@H](CO)N(Cc1ccccc1)C(=O)[C@H]1CCn2cncc2C1. The van der Waals surface area contributed by atoms with Crippen LogP contribution in [0.1, 0.15) is 31.5 Å². The van der Waals surface area contributed by atoms with Crippen molar-refractivity contribution in [1.29, 1.82) is 0 Å². The summed E-state index contributed by atoms with van der Waals surface area (Å²) >= 11 is 0. The zero-order valence-corrected chi connectivity index (χ0v) is 15.0. The van der Waals surface area contributed by atoms with E-state index in [1.807, 2.05) is 47.8 Å². The predicted octanol–water partition coefficient (Wildman–Crippen LogP) is 2.49. The summed E-state index contributed by atoms with van der Waals surface area (Å²) in [6.45, 7) is 5.47. The van der Waals surface area contributed by atoms with E-state index < -0.39 is 0 Å². The minimum atomic E-state index is -0.167. The summed E-state index contributed by atoms with van der Waals surface area (Å²) in [5, 5.41) is 9.91. The Kier molecular flexibility index (Phi) is 5.53. The highest BCUT2D eigenvalue weighted by molar-refractivity contribution is 5.79. The molecule has 25 heavy (non-hydrogen) atoms. The molecule has 1 aromatic heterocycles. The van der Waals surface area contributed by atoms with Crippen molar-refractivity contribution in [3.05, 3.63) is 54.1 Å². The third-order valence-electron chi connectivity index (χ3n) is 5.16. The fraction of sp³-hybridized carbons (Fsp3) is 0.500. The van der Waals surface area contributed by atoms with Gasteiger partial charge in [-0.1, -0.05) is 44.2 Å². The van der Waals surface area contributed by atoms with Crippen LogP contribution in [0.2, 0.25) is 0 Å².